The molecule has 1 aliphatic heterocycles. The molecule has 0 saturated heterocycles. The maximum Gasteiger partial charge on any atom is 0.279 e. The highest BCUT2D eigenvalue weighted by Crippen LogP contribution is 2.38. The molecule has 0 saturated carbocycles. The summed E-state index contributed by atoms with van der Waals surface area (Å²) in [5.41, 5.74) is 3.38. The molecule has 1 heterocycles. The molecule has 7 nitrogen and oxygen atoms in total. The number of hydrogen-bond acceptors (Lipinski definition) is 5. The monoisotopic (exact) mass is 501 g/mol. The van der Waals surface area contributed by atoms with Gasteiger partial charge in [-0.05, 0) is 66.9 Å². The molecule has 0 aliphatic carbocycles. The van der Waals surface area contributed by atoms with E-state index in [9.17, 15) is 21.2 Å². The molecule has 1 atom stereocenters. The molecule has 1 unspecified atom stereocenters. The van der Waals surface area contributed by atoms with Gasteiger partial charge >= 0.3 is 0 Å². The van der Waals surface area contributed by atoms with Gasteiger partial charge in [0.05, 0.1) is 22.4 Å². The highest BCUT2D eigenvalue weighted by Gasteiger charge is 2.38. The second kappa shape index (κ2) is 9.19. The molecular weight excluding hydrogens is 477 g/mol. The van der Waals surface area contributed by atoms with Gasteiger partial charge in [-0.2, -0.15) is 17.9 Å². The first-order valence-corrected chi connectivity index (χ1v) is 13.7. The largest absolute Gasteiger partial charge is 0.284 e. The Morgan fingerprint density at radius 3 is 2.24 bits per heavy atom. The highest BCUT2D eigenvalue weighted by atomic mass is 32.2. The molecule has 0 spiro atoms. The van der Waals surface area contributed by atoms with E-state index in [1.165, 1.54) is 12.1 Å². The average molecular weight is 502 g/mol. The minimum atomic E-state index is -4.06. The number of benzene rings is 3. The number of sulfonamides is 2. The summed E-state index contributed by atoms with van der Waals surface area (Å²) in [5.74, 6) is -0.575. The molecule has 0 fully saturated rings. The van der Waals surface area contributed by atoms with E-state index in [0.717, 1.165) is 27.7 Å². The van der Waals surface area contributed by atoms with E-state index in [1.54, 1.807) is 31.2 Å². The van der Waals surface area contributed by atoms with Crippen LogP contribution in [0.2, 0.25) is 0 Å². The van der Waals surface area contributed by atoms with Crippen LogP contribution in [-0.2, 0) is 20.0 Å². The molecule has 1 aliphatic rings. The first-order valence-electron chi connectivity index (χ1n) is 10.6. The van der Waals surface area contributed by atoms with Gasteiger partial charge in [-0.25, -0.2) is 12.8 Å². The average Bonchev–Trinajstić information content (AvgIpc) is 3.26. The first-order chi connectivity index (χ1) is 16.1. The van der Waals surface area contributed by atoms with Crippen molar-refractivity contribution >= 4 is 31.4 Å². The number of anilines is 1. The van der Waals surface area contributed by atoms with Crippen molar-refractivity contribution in [1.29, 1.82) is 0 Å². The normalized spacial score (nSPS) is 16.4. The predicted octanol–water partition coefficient (Wildman–Crippen LogP) is 4.44. The van der Waals surface area contributed by atoms with Crippen LogP contribution in [0.3, 0.4) is 0 Å². The molecule has 34 heavy (non-hydrogen) atoms. The summed E-state index contributed by atoms with van der Waals surface area (Å²) >= 11 is 0. The number of hydrazone groups is 1. The molecule has 0 bridgehead atoms. The third-order valence-corrected chi connectivity index (χ3v) is 8.65. The quantitative estimate of drug-likeness (QED) is 0.518. The van der Waals surface area contributed by atoms with Gasteiger partial charge in [-0.3, -0.25) is 4.72 Å². The Morgan fingerprint density at radius 2 is 1.62 bits per heavy atom. The van der Waals surface area contributed by atoms with Crippen LogP contribution >= 0.6 is 0 Å². The molecule has 178 valence electrons. The fraction of sp³-hybridized carbons (Fsp3) is 0.208. The fourth-order valence-corrected chi connectivity index (χ4v) is 5.84. The van der Waals surface area contributed by atoms with Crippen LogP contribution in [0.4, 0.5) is 10.1 Å². The van der Waals surface area contributed by atoms with Gasteiger partial charge in [0.1, 0.15) is 5.82 Å². The summed E-state index contributed by atoms with van der Waals surface area (Å²) in [6, 6.07) is 18.2. The topological polar surface area (TPSA) is 95.9 Å². The molecule has 10 heteroatoms. The van der Waals surface area contributed by atoms with Crippen molar-refractivity contribution < 1.29 is 21.2 Å². The number of hydrogen-bond donors (Lipinski definition) is 1. The Labute approximate surface area is 199 Å². The SMILES string of the molecule is CCS(=O)(=O)Nc1ccc(C2=NN(S(=O)(=O)c3ccc(F)cc3)C(c3ccccc3C)C2)cc1. The summed E-state index contributed by atoms with van der Waals surface area (Å²) in [5, 5.41) is 4.48. The minimum Gasteiger partial charge on any atom is -0.284 e. The van der Waals surface area contributed by atoms with Crippen LogP contribution in [0.1, 0.15) is 36.1 Å². The minimum absolute atomic E-state index is 0.0459. The van der Waals surface area contributed by atoms with Crippen LogP contribution < -0.4 is 4.72 Å². The Bertz CT molecular complexity index is 1440. The van der Waals surface area contributed by atoms with Crippen molar-refractivity contribution in [2.24, 2.45) is 5.10 Å². The first kappa shape index (κ1) is 23.9. The van der Waals surface area contributed by atoms with E-state index >= 15 is 0 Å². The molecule has 1 N–H and O–H groups in total. The molecule has 3 aromatic carbocycles. The lowest BCUT2D eigenvalue weighted by Gasteiger charge is -2.24. The standard InChI is InChI=1S/C24H24FN3O4S2/c1-3-33(29,30)27-20-12-8-18(9-13-20)23-16-24(22-7-5-4-6-17(22)2)28(26-23)34(31,32)21-14-10-19(25)11-15-21/h4-15,24,27H,3,16H2,1-2H3. The van der Waals surface area contributed by atoms with Crippen LogP contribution in [0.25, 0.3) is 0 Å². The van der Waals surface area contributed by atoms with Gasteiger partial charge in [0.2, 0.25) is 10.0 Å². The molecule has 0 aromatic heterocycles. The molecule has 0 radical (unpaired) electrons. The van der Waals surface area contributed by atoms with Crippen molar-refractivity contribution in [2.45, 2.75) is 31.2 Å². The number of nitrogens with one attached hydrogen (secondary N) is 1. The van der Waals surface area contributed by atoms with E-state index in [2.05, 4.69) is 9.82 Å². The highest BCUT2D eigenvalue weighted by molar-refractivity contribution is 7.92. The predicted molar refractivity (Wildman–Crippen MR) is 130 cm³/mol. The fourth-order valence-electron chi connectivity index (χ4n) is 3.77. The summed E-state index contributed by atoms with van der Waals surface area (Å²) in [6.45, 7) is 3.45. The van der Waals surface area contributed by atoms with Gasteiger partial charge < -0.3 is 0 Å². The van der Waals surface area contributed by atoms with Gasteiger partial charge in [0, 0.05) is 12.1 Å². The lowest BCUT2D eigenvalue weighted by Crippen LogP contribution is -2.27. The Hall–Kier alpha value is -3.24. The number of rotatable bonds is 7. The Kier molecular flexibility index (Phi) is 6.46. The van der Waals surface area contributed by atoms with Gasteiger partial charge in [0.25, 0.3) is 10.0 Å². The zero-order chi connectivity index (χ0) is 24.5. The summed E-state index contributed by atoms with van der Waals surface area (Å²) in [7, 11) is -7.47. The third kappa shape index (κ3) is 4.83. The van der Waals surface area contributed by atoms with Crippen molar-refractivity contribution in [1.82, 2.24) is 4.41 Å². The van der Waals surface area contributed by atoms with Crippen LogP contribution in [0, 0.1) is 12.7 Å². The van der Waals surface area contributed by atoms with Crippen molar-refractivity contribution in [2.75, 3.05) is 10.5 Å². The Balaban J connectivity index is 1.73. The van der Waals surface area contributed by atoms with E-state index in [4.69, 9.17) is 0 Å². The zero-order valence-corrected chi connectivity index (χ0v) is 20.3. The second-order valence-corrected chi connectivity index (χ2v) is 11.7. The van der Waals surface area contributed by atoms with E-state index in [1.807, 2.05) is 31.2 Å². The zero-order valence-electron chi connectivity index (χ0n) is 18.6. The van der Waals surface area contributed by atoms with Crippen LogP contribution in [0.15, 0.2) is 82.8 Å². The van der Waals surface area contributed by atoms with E-state index in [-0.39, 0.29) is 10.6 Å². The van der Waals surface area contributed by atoms with Gasteiger partial charge in [-0.15, -0.1) is 0 Å². The Morgan fingerprint density at radius 1 is 0.971 bits per heavy atom. The van der Waals surface area contributed by atoms with Crippen molar-refractivity contribution in [3.8, 4) is 0 Å². The molecule has 0 amide bonds. The van der Waals surface area contributed by atoms with Crippen molar-refractivity contribution in [3.63, 3.8) is 0 Å². The molecular formula is C24H24FN3O4S2. The third-order valence-electron chi connectivity index (χ3n) is 5.65. The summed E-state index contributed by atoms with van der Waals surface area (Å²) in [6.07, 6.45) is 0.325. The van der Waals surface area contributed by atoms with E-state index in [0.29, 0.717) is 23.4 Å². The van der Waals surface area contributed by atoms with Crippen LogP contribution in [0.5, 0.6) is 0 Å². The molecule has 4 rings (SSSR count). The van der Waals surface area contributed by atoms with Gasteiger partial charge in [-0.1, -0.05) is 36.4 Å². The smallest absolute Gasteiger partial charge is 0.279 e. The van der Waals surface area contributed by atoms with E-state index < -0.39 is 31.9 Å². The molecule has 3 aromatic rings. The summed E-state index contributed by atoms with van der Waals surface area (Å²) in [4.78, 5) is -0.0539. The number of halogens is 1. The van der Waals surface area contributed by atoms with Crippen molar-refractivity contribution in [3.05, 3.63) is 95.3 Å². The second-order valence-electron chi connectivity index (χ2n) is 7.94. The lowest BCUT2D eigenvalue weighted by molar-refractivity contribution is 0.370. The van der Waals surface area contributed by atoms with Gasteiger partial charge in [0.15, 0.2) is 0 Å². The lowest BCUT2D eigenvalue weighted by atomic mass is 9.96. The maximum atomic E-state index is 13.5. The summed E-state index contributed by atoms with van der Waals surface area (Å²) < 4.78 is 67.6. The maximum absolute atomic E-state index is 13.5. The number of aryl methyl sites for hydroxylation is 1. The van der Waals surface area contributed by atoms with Crippen LogP contribution in [-0.4, -0.2) is 32.7 Å². The number of nitrogens with zero attached hydrogens (tertiary/aromatic N) is 2.